The smallest absolute Gasteiger partial charge is 0.237 e. The van der Waals surface area contributed by atoms with Gasteiger partial charge < -0.3 is 11.1 Å². The molecule has 20 heavy (non-hydrogen) atoms. The molecule has 0 saturated carbocycles. The van der Waals surface area contributed by atoms with Gasteiger partial charge in [-0.3, -0.25) is 9.59 Å². The average Bonchev–Trinajstić information content (AvgIpc) is 2.65. The van der Waals surface area contributed by atoms with Crippen LogP contribution in [0.2, 0.25) is 0 Å². The van der Waals surface area contributed by atoms with E-state index in [1.165, 1.54) is 0 Å². The van der Waals surface area contributed by atoms with Gasteiger partial charge in [-0.05, 0) is 38.7 Å². The first-order valence-corrected chi connectivity index (χ1v) is 6.97. The highest BCUT2D eigenvalue weighted by Gasteiger charge is 2.32. The molecule has 0 aliphatic heterocycles. The number of carbonyl (C=O) groups is 2. The van der Waals surface area contributed by atoms with Crippen LogP contribution in [0.25, 0.3) is 0 Å². The largest absolute Gasteiger partial charge is 0.350 e. The van der Waals surface area contributed by atoms with Gasteiger partial charge >= 0.3 is 0 Å². The number of nitrogens with two attached hydrogens (primary N) is 1. The van der Waals surface area contributed by atoms with Gasteiger partial charge in [-0.15, -0.1) is 0 Å². The maximum absolute atomic E-state index is 12.0. The van der Waals surface area contributed by atoms with Crippen LogP contribution in [0.4, 0.5) is 0 Å². The van der Waals surface area contributed by atoms with E-state index in [0.717, 1.165) is 11.1 Å². The molecule has 0 fully saturated rings. The molecule has 0 heterocycles. The fraction of sp³-hybridized carbons (Fsp3) is 0.500. The molecule has 0 saturated heterocycles. The standard InChI is InChI=1S/C16H22N2O2/c1-16(2,3)18-15(20)13(17)8-10-9-14(19)12-7-5-4-6-11(10)12/h4-7,10,13H,8-9,17H2,1-3H3,(H,18,20). The maximum atomic E-state index is 12.0. The first-order valence-electron chi connectivity index (χ1n) is 6.97. The van der Waals surface area contributed by atoms with Gasteiger partial charge in [0.25, 0.3) is 0 Å². The second kappa shape index (κ2) is 5.37. The van der Waals surface area contributed by atoms with E-state index >= 15 is 0 Å². The third-order valence-electron chi connectivity index (χ3n) is 3.51. The number of carbonyl (C=O) groups excluding carboxylic acids is 2. The van der Waals surface area contributed by atoms with Crippen LogP contribution in [0.15, 0.2) is 24.3 Å². The Kier molecular flexibility index (Phi) is 3.95. The van der Waals surface area contributed by atoms with Gasteiger partial charge in [0, 0.05) is 17.5 Å². The van der Waals surface area contributed by atoms with Gasteiger partial charge in [0.1, 0.15) is 0 Å². The molecule has 0 bridgehead atoms. The van der Waals surface area contributed by atoms with Crippen molar-refractivity contribution in [3.05, 3.63) is 35.4 Å². The lowest BCUT2D eigenvalue weighted by Crippen LogP contribution is -2.49. The summed E-state index contributed by atoms with van der Waals surface area (Å²) in [5.41, 5.74) is 7.49. The number of rotatable bonds is 3. The minimum atomic E-state index is -0.585. The summed E-state index contributed by atoms with van der Waals surface area (Å²) in [4.78, 5) is 23.9. The van der Waals surface area contributed by atoms with E-state index in [1.807, 2.05) is 45.0 Å². The second-order valence-corrected chi connectivity index (χ2v) is 6.49. The molecule has 0 spiro atoms. The second-order valence-electron chi connectivity index (χ2n) is 6.49. The van der Waals surface area contributed by atoms with Crippen molar-refractivity contribution in [2.45, 2.75) is 51.1 Å². The number of hydrogen-bond acceptors (Lipinski definition) is 3. The van der Waals surface area contributed by atoms with Gasteiger partial charge in [0.15, 0.2) is 5.78 Å². The average molecular weight is 274 g/mol. The summed E-state index contributed by atoms with van der Waals surface area (Å²) in [7, 11) is 0. The highest BCUT2D eigenvalue weighted by molar-refractivity contribution is 6.01. The number of benzene rings is 1. The number of fused-ring (bicyclic) bond motifs is 1. The molecule has 1 amide bonds. The highest BCUT2D eigenvalue weighted by Crippen LogP contribution is 2.35. The summed E-state index contributed by atoms with van der Waals surface area (Å²) in [6, 6.07) is 7.01. The van der Waals surface area contributed by atoms with Crippen LogP contribution < -0.4 is 11.1 Å². The molecule has 108 valence electrons. The van der Waals surface area contributed by atoms with Crippen LogP contribution in [0.1, 0.15) is 55.5 Å². The fourth-order valence-electron chi connectivity index (χ4n) is 2.64. The molecule has 0 aromatic heterocycles. The van der Waals surface area contributed by atoms with Crippen LogP contribution in [-0.2, 0) is 4.79 Å². The minimum absolute atomic E-state index is 0.0550. The van der Waals surface area contributed by atoms with Gasteiger partial charge in [0.05, 0.1) is 6.04 Å². The van der Waals surface area contributed by atoms with E-state index in [4.69, 9.17) is 5.73 Å². The topological polar surface area (TPSA) is 72.2 Å². The van der Waals surface area contributed by atoms with Crippen molar-refractivity contribution < 1.29 is 9.59 Å². The lowest BCUT2D eigenvalue weighted by atomic mass is 9.93. The van der Waals surface area contributed by atoms with Gasteiger partial charge in [0.2, 0.25) is 5.91 Å². The predicted molar refractivity (Wildman–Crippen MR) is 78.6 cm³/mol. The number of ketones is 1. The predicted octanol–water partition coefficient (Wildman–Crippen LogP) is 1.99. The molecular formula is C16H22N2O2. The quantitative estimate of drug-likeness (QED) is 0.885. The monoisotopic (exact) mass is 274 g/mol. The summed E-state index contributed by atoms with van der Waals surface area (Å²) in [5.74, 6) is 0.0442. The van der Waals surface area contributed by atoms with Crippen molar-refractivity contribution in [2.75, 3.05) is 0 Å². The summed E-state index contributed by atoms with van der Waals surface area (Å²) >= 11 is 0. The summed E-state index contributed by atoms with van der Waals surface area (Å²) in [6.45, 7) is 5.77. The van der Waals surface area contributed by atoms with Gasteiger partial charge in [-0.25, -0.2) is 0 Å². The van der Waals surface area contributed by atoms with E-state index < -0.39 is 6.04 Å². The van der Waals surface area contributed by atoms with Crippen molar-refractivity contribution in [1.29, 1.82) is 0 Å². The zero-order chi connectivity index (χ0) is 14.9. The Labute approximate surface area is 119 Å². The molecule has 2 atom stereocenters. The van der Waals surface area contributed by atoms with Crippen LogP contribution in [0.3, 0.4) is 0 Å². The molecule has 3 N–H and O–H groups in total. The normalized spacial score (nSPS) is 19.6. The highest BCUT2D eigenvalue weighted by atomic mass is 16.2. The van der Waals surface area contributed by atoms with Gasteiger partial charge in [-0.1, -0.05) is 24.3 Å². The number of Topliss-reactive ketones (excluding diaryl/α,β-unsaturated/α-hetero) is 1. The van der Waals surface area contributed by atoms with Crippen molar-refractivity contribution in [3.63, 3.8) is 0 Å². The molecule has 1 aliphatic rings. The SMILES string of the molecule is CC(C)(C)NC(=O)C(N)CC1CC(=O)c2ccccc21. The first kappa shape index (κ1) is 14.7. The van der Waals surface area contributed by atoms with E-state index in [-0.39, 0.29) is 23.1 Å². The number of hydrogen-bond donors (Lipinski definition) is 2. The summed E-state index contributed by atoms with van der Waals surface area (Å²) < 4.78 is 0. The zero-order valence-electron chi connectivity index (χ0n) is 12.3. The van der Waals surface area contributed by atoms with Crippen LogP contribution in [0.5, 0.6) is 0 Å². The third kappa shape index (κ3) is 3.25. The Bertz CT molecular complexity index is 532. The summed E-state index contributed by atoms with van der Waals surface area (Å²) in [6.07, 6.45) is 0.959. The van der Waals surface area contributed by atoms with E-state index in [1.54, 1.807) is 0 Å². The lowest BCUT2D eigenvalue weighted by Gasteiger charge is -2.24. The lowest BCUT2D eigenvalue weighted by molar-refractivity contribution is -0.124. The Morgan fingerprint density at radius 1 is 1.40 bits per heavy atom. The van der Waals surface area contributed by atoms with E-state index in [2.05, 4.69) is 5.32 Å². The van der Waals surface area contributed by atoms with Crippen LogP contribution in [0, 0.1) is 0 Å². The van der Waals surface area contributed by atoms with Crippen LogP contribution in [-0.4, -0.2) is 23.3 Å². The maximum Gasteiger partial charge on any atom is 0.237 e. The molecule has 0 radical (unpaired) electrons. The minimum Gasteiger partial charge on any atom is -0.350 e. The van der Waals surface area contributed by atoms with Crippen LogP contribution >= 0.6 is 0 Å². The molecule has 2 unspecified atom stereocenters. The van der Waals surface area contributed by atoms with Gasteiger partial charge in [-0.2, -0.15) is 0 Å². The zero-order valence-corrected chi connectivity index (χ0v) is 12.3. The summed E-state index contributed by atoms with van der Waals surface area (Å²) in [5, 5.41) is 2.88. The number of amides is 1. The van der Waals surface area contributed by atoms with Crippen molar-refractivity contribution in [3.8, 4) is 0 Å². The first-order chi connectivity index (χ1) is 9.28. The molecular weight excluding hydrogens is 252 g/mol. The van der Waals surface area contributed by atoms with E-state index in [9.17, 15) is 9.59 Å². The van der Waals surface area contributed by atoms with Crippen molar-refractivity contribution in [1.82, 2.24) is 5.32 Å². The Hall–Kier alpha value is -1.68. The van der Waals surface area contributed by atoms with E-state index in [0.29, 0.717) is 12.8 Å². The van der Waals surface area contributed by atoms with Crippen molar-refractivity contribution >= 4 is 11.7 Å². The molecule has 1 aromatic carbocycles. The van der Waals surface area contributed by atoms with Crippen molar-refractivity contribution in [2.24, 2.45) is 5.73 Å². The Morgan fingerprint density at radius 3 is 2.70 bits per heavy atom. The fourth-order valence-corrected chi connectivity index (χ4v) is 2.64. The number of nitrogens with one attached hydrogen (secondary N) is 1. The third-order valence-corrected chi connectivity index (χ3v) is 3.51. The molecule has 4 heteroatoms. The molecule has 2 rings (SSSR count). The molecule has 1 aromatic rings. The Balaban J connectivity index is 2.05. The molecule has 1 aliphatic carbocycles. The Morgan fingerprint density at radius 2 is 2.05 bits per heavy atom. The molecule has 4 nitrogen and oxygen atoms in total.